The molecule has 2 N–H and O–H groups in total. The minimum Gasteiger partial charge on any atom is -0.324 e. The molecule has 0 bridgehead atoms. The minimum absolute atomic E-state index is 0.131. The van der Waals surface area contributed by atoms with Crippen LogP contribution in [0.15, 0.2) is 53.3 Å². The molecule has 0 aliphatic heterocycles. The van der Waals surface area contributed by atoms with Crippen molar-refractivity contribution in [2.75, 3.05) is 0 Å². The average Bonchev–Trinajstić information content (AvgIpc) is 2.40. The number of rotatable bonds is 5. The number of pyridine rings is 1. The van der Waals surface area contributed by atoms with Gasteiger partial charge in [0.15, 0.2) is 0 Å². The molecule has 2 rings (SSSR count). The molecule has 94 valence electrons. The van der Waals surface area contributed by atoms with Gasteiger partial charge in [-0.25, -0.2) is 0 Å². The molecule has 0 saturated carbocycles. The molecule has 0 spiro atoms. The molecule has 1 aromatic heterocycles. The van der Waals surface area contributed by atoms with E-state index < -0.39 is 0 Å². The summed E-state index contributed by atoms with van der Waals surface area (Å²) in [6, 6.07) is 12.5. The van der Waals surface area contributed by atoms with Crippen molar-refractivity contribution < 1.29 is 0 Å². The first-order valence-electron chi connectivity index (χ1n) is 6.15. The molecule has 2 nitrogen and oxygen atoms in total. The summed E-state index contributed by atoms with van der Waals surface area (Å²) < 4.78 is 1.03. The Bertz CT molecular complexity index is 485. The Hall–Kier alpha value is -1.19. The Morgan fingerprint density at radius 1 is 1.17 bits per heavy atom. The Morgan fingerprint density at radius 3 is 2.67 bits per heavy atom. The molecule has 18 heavy (non-hydrogen) atoms. The Balaban J connectivity index is 1.82. The van der Waals surface area contributed by atoms with Gasteiger partial charge in [-0.2, -0.15) is 0 Å². The smallest absolute Gasteiger partial charge is 0.0410 e. The van der Waals surface area contributed by atoms with Gasteiger partial charge in [-0.15, -0.1) is 0 Å². The molecule has 0 radical (unpaired) electrons. The van der Waals surface area contributed by atoms with Gasteiger partial charge in [0, 0.05) is 22.9 Å². The molecular weight excluding hydrogens is 288 g/mol. The van der Waals surface area contributed by atoms with E-state index >= 15 is 0 Å². The van der Waals surface area contributed by atoms with Gasteiger partial charge in [-0.3, -0.25) is 4.98 Å². The number of aryl methyl sites for hydroxylation is 1. The highest BCUT2D eigenvalue weighted by Crippen LogP contribution is 2.17. The van der Waals surface area contributed by atoms with E-state index in [-0.39, 0.29) is 6.04 Å². The molecule has 1 aromatic carbocycles. The van der Waals surface area contributed by atoms with Crippen LogP contribution in [-0.4, -0.2) is 4.98 Å². The van der Waals surface area contributed by atoms with Crippen molar-refractivity contribution >= 4 is 15.9 Å². The minimum atomic E-state index is 0.131. The number of halogens is 1. The summed E-state index contributed by atoms with van der Waals surface area (Å²) in [6.07, 6.45) is 6.82. The van der Waals surface area contributed by atoms with E-state index in [0.717, 1.165) is 23.7 Å². The van der Waals surface area contributed by atoms with Crippen molar-refractivity contribution in [2.24, 2.45) is 5.73 Å². The predicted octanol–water partition coefficient (Wildman–Crippen LogP) is 3.87. The van der Waals surface area contributed by atoms with E-state index in [1.807, 2.05) is 24.4 Å². The van der Waals surface area contributed by atoms with E-state index in [1.165, 1.54) is 11.1 Å². The van der Waals surface area contributed by atoms with E-state index in [4.69, 9.17) is 5.73 Å². The molecule has 1 atom stereocenters. The highest BCUT2D eigenvalue weighted by molar-refractivity contribution is 9.10. The van der Waals surface area contributed by atoms with Crippen LogP contribution in [0.25, 0.3) is 0 Å². The molecule has 2 aromatic rings. The molecule has 1 heterocycles. The van der Waals surface area contributed by atoms with Crippen molar-refractivity contribution in [1.29, 1.82) is 0 Å². The lowest BCUT2D eigenvalue weighted by Crippen LogP contribution is -2.10. The van der Waals surface area contributed by atoms with Crippen LogP contribution < -0.4 is 5.73 Å². The Labute approximate surface area is 116 Å². The second kappa shape index (κ2) is 6.66. The van der Waals surface area contributed by atoms with Crippen molar-refractivity contribution in [1.82, 2.24) is 4.98 Å². The lowest BCUT2D eigenvalue weighted by molar-refractivity contribution is 0.611. The first-order valence-corrected chi connectivity index (χ1v) is 6.95. The number of nitrogens with two attached hydrogens (primary N) is 1. The van der Waals surface area contributed by atoms with Gasteiger partial charge >= 0.3 is 0 Å². The summed E-state index contributed by atoms with van der Waals surface area (Å²) in [5.41, 5.74) is 8.63. The SMILES string of the molecule is NC(CCCc1cncc(Br)c1)c1ccccc1. The third kappa shape index (κ3) is 3.93. The lowest BCUT2D eigenvalue weighted by atomic mass is 10.0. The van der Waals surface area contributed by atoms with Gasteiger partial charge in [0.05, 0.1) is 0 Å². The van der Waals surface area contributed by atoms with Crippen molar-refractivity contribution in [2.45, 2.75) is 25.3 Å². The predicted molar refractivity (Wildman–Crippen MR) is 78.2 cm³/mol. The third-order valence-electron chi connectivity index (χ3n) is 2.97. The van der Waals surface area contributed by atoms with Gasteiger partial charge in [0.25, 0.3) is 0 Å². The zero-order chi connectivity index (χ0) is 12.8. The number of nitrogens with zero attached hydrogens (tertiary/aromatic N) is 1. The summed E-state index contributed by atoms with van der Waals surface area (Å²) in [6.45, 7) is 0. The zero-order valence-corrected chi connectivity index (χ0v) is 11.8. The second-order valence-electron chi connectivity index (χ2n) is 4.42. The topological polar surface area (TPSA) is 38.9 Å². The lowest BCUT2D eigenvalue weighted by Gasteiger charge is -2.11. The number of hydrogen-bond donors (Lipinski definition) is 1. The van der Waals surface area contributed by atoms with Crippen LogP contribution in [0.1, 0.15) is 30.0 Å². The summed E-state index contributed by atoms with van der Waals surface area (Å²) in [7, 11) is 0. The Morgan fingerprint density at radius 2 is 1.94 bits per heavy atom. The van der Waals surface area contributed by atoms with Crippen LogP contribution in [0.3, 0.4) is 0 Å². The summed E-state index contributed by atoms with van der Waals surface area (Å²) >= 11 is 3.43. The average molecular weight is 305 g/mol. The van der Waals surface area contributed by atoms with Crippen LogP contribution in [0.2, 0.25) is 0 Å². The van der Waals surface area contributed by atoms with E-state index in [9.17, 15) is 0 Å². The van der Waals surface area contributed by atoms with E-state index in [2.05, 4.69) is 39.1 Å². The first kappa shape index (κ1) is 13.2. The highest BCUT2D eigenvalue weighted by Gasteiger charge is 2.05. The van der Waals surface area contributed by atoms with Gasteiger partial charge in [-0.05, 0) is 52.4 Å². The molecule has 0 aliphatic rings. The molecular formula is C15H17BrN2. The van der Waals surface area contributed by atoms with Crippen molar-refractivity contribution in [3.8, 4) is 0 Å². The molecule has 0 saturated heterocycles. The first-order chi connectivity index (χ1) is 8.75. The maximum absolute atomic E-state index is 6.16. The number of benzene rings is 1. The fraction of sp³-hybridized carbons (Fsp3) is 0.267. The van der Waals surface area contributed by atoms with Gasteiger partial charge in [-0.1, -0.05) is 30.3 Å². The molecule has 3 heteroatoms. The Kier molecular flexibility index (Phi) is 4.90. The second-order valence-corrected chi connectivity index (χ2v) is 5.34. The molecule has 1 unspecified atom stereocenters. The number of hydrogen-bond acceptors (Lipinski definition) is 2. The summed E-state index contributed by atoms with van der Waals surface area (Å²) in [5.74, 6) is 0. The van der Waals surface area contributed by atoms with Crippen LogP contribution in [0.4, 0.5) is 0 Å². The molecule has 0 amide bonds. The standard InChI is InChI=1S/C15H17BrN2/c16-14-9-12(10-18-11-14)5-4-8-15(17)13-6-2-1-3-7-13/h1-3,6-7,9-11,15H,4-5,8,17H2. The largest absolute Gasteiger partial charge is 0.324 e. The quantitative estimate of drug-likeness (QED) is 0.911. The van der Waals surface area contributed by atoms with Crippen molar-refractivity contribution in [3.63, 3.8) is 0 Å². The van der Waals surface area contributed by atoms with E-state index in [1.54, 1.807) is 6.20 Å². The van der Waals surface area contributed by atoms with Gasteiger partial charge < -0.3 is 5.73 Å². The molecule has 0 aliphatic carbocycles. The van der Waals surface area contributed by atoms with Crippen molar-refractivity contribution in [3.05, 3.63) is 64.4 Å². The summed E-state index contributed by atoms with van der Waals surface area (Å²) in [5, 5.41) is 0. The zero-order valence-electron chi connectivity index (χ0n) is 10.2. The van der Waals surface area contributed by atoms with Gasteiger partial charge in [0.2, 0.25) is 0 Å². The van der Waals surface area contributed by atoms with E-state index in [0.29, 0.717) is 0 Å². The normalized spacial score (nSPS) is 12.3. The third-order valence-corrected chi connectivity index (χ3v) is 3.40. The van der Waals surface area contributed by atoms with Crippen LogP contribution in [0.5, 0.6) is 0 Å². The highest BCUT2D eigenvalue weighted by atomic mass is 79.9. The van der Waals surface area contributed by atoms with Gasteiger partial charge in [0.1, 0.15) is 0 Å². The maximum atomic E-state index is 6.16. The summed E-state index contributed by atoms with van der Waals surface area (Å²) in [4.78, 5) is 4.16. The maximum Gasteiger partial charge on any atom is 0.0410 e. The van der Waals surface area contributed by atoms with Crippen LogP contribution >= 0.6 is 15.9 Å². The fourth-order valence-corrected chi connectivity index (χ4v) is 2.40. The molecule has 0 fully saturated rings. The fourth-order valence-electron chi connectivity index (χ4n) is 1.99. The van der Waals surface area contributed by atoms with Crippen LogP contribution in [0, 0.1) is 0 Å². The monoisotopic (exact) mass is 304 g/mol. The van der Waals surface area contributed by atoms with Crippen LogP contribution in [-0.2, 0) is 6.42 Å². The number of aromatic nitrogens is 1.